The number of thioether (sulfide) groups is 1. The first-order chi connectivity index (χ1) is 20.1. The maximum absolute atomic E-state index is 17.8. The summed E-state index contributed by atoms with van der Waals surface area (Å²) in [5.74, 6) is 0. The van der Waals surface area contributed by atoms with Gasteiger partial charge in [-0.1, -0.05) is 0 Å². The topological polar surface area (TPSA) is 52.8 Å². The van der Waals surface area contributed by atoms with E-state index in [1.165, 1.54) is 28.5 Å². The normalized spacial score (nSPS) is 23.0. The Bertz CT molecular complexity index is 1650. The first-order valence-corrected chi connectivity index (χ1v) is 17.8. The van der Waals surface area contributed by atoms with E-state index in [0.717, 1.165) is 0 Å². The predicted molar refractivity (Wildman–Crippen MR) is 173 cm³/mol. The van der Waals surface area contributed by atoms with Gasteiger partial charge < -0.3 is 0 Å². The zero-order chi connectivity index (χ0) is 29.6. The third-order valence-corrected chi connectivity index (χ3v) is 16.5. The Labute approximate surface area is 264 Å². The van der Waals surface area contributed by atoms with Gasteiger partial charge in [0.05, 0.1) is 0 Å². The maximum atomic E-state index is 17.8. The van der Waals surface area contributed by atoms with Gasteiger partial charge in [-0.3, -0.25) is 0 Å². The molecule has 0 unspecified atom stereocenters. The van der Waals surface area contributed by atoms with Crippen LogP contribution >= 0.6 is 23.4 Å². The molecular weight excluding hydrogens is 650 g/mol. The number of halogens is 2. The summed E-state index contributed by atoms with van der Waals surface area (Å²) in [6, 6.07) is 30.4. The van der Waals surface area contributed by atoms with Crippen LogP contribution in [-0.2, 0) is 13.9 Å². The number of nitrogens with zero attached hydrogens (tertiary/aromatic N) is 4. The van der Waals surface area contributed by atoms with Gasteiger partial charge in [-0.25, -0.2) is 0 Å². The van der Waals surface area contributed by atoms with Crippen molar-refractivity contribution in [3.8, 4) is 0 Å². The third-order valence-electron chi connectivity index (χ3n) is 8.08. The van der Waals surface area contributed by atoms with E-state index in [-0.39, 0.29) is 21.9 Å². The molecule has 0 N–H and O–H groups in total. The molecule has 1 fully saturated rings. The molecule has 5 aromatic rings. The predicted octanol–water partition coefficient (Wildman–Crippen LogP) is 6.21. The van der Waals surface area contributed by atoms with E-state index in [0.29, 0.717) is 23.3 Å². The standard InChI is InChI=1S/C32H31ClFN4OSSeSi/c1-30(2,3)42(25-15-9-5-10-16-25,26-17-11-6-12-18-26)39-20-24-19-31(34,23-13-7-4-8-14-23)32(41,40-24)38-22-37-27-28(33)35-21-36-29(27)38/h4-18,21-22,24H,19-20H2,1-3H3/t24-,31+,32+/m0/s1. The van der Waals surface area contributed by atoms with Gasteiger partial charge in [0.15, 0.2) is 0 Å². The molecule has 3 aromatic carbocycles. The SMILES string of the molecule is CC(C)(C)[Si](OC[C@@H]1C[C@@](F)(c2ccccc2)[C@@]([Se])(n2cnc3c(Cl)ncnc32)S1)(c1ccccc1)c1ccccc1. The Morgan fingerprint density at radius 3 is 2.10 bits per heavy atom. The van der Waals surface area contributed by atoms with Crippen molar-refractivity contribution >= 4 is 69.2 Å². The van der Waals surface area contributed by atoms with Crippen LogP contribution in [0.5, 0.6) is 0 Å². The molecule has 42 heavy (non-hydrogen) atoms. The summed E-state index contributed by atoms with van der Waals surface area (Å²) in [6.45, 7) is 7.14. The van der Waals surface area contributed by atoms with Crippen molar-refractivity contribution in [2.24, 2.45) is 0 Å². The average Bonchev–Trinajstić information content (AvgIpc) is 3.55. The number of hydrogen-bond acceptors (Lipinski definition) is 5. The van der Waals surface area contributed by atoms with Gasteiger partial charge in [-0.2, -0.15) is 0 Å². The van der Waals surface area contributed by atoms with Gasteiger partial charge in [-0.15, -0.1) is 0 Å². The van der Waals surface area contributed by atoms with Crippen molar-refractivity contribution in [3.05, 3.63) is 114 Å². The van der Waals surface area contributed by atoms with E-state index in [9.17, 15) is 0 Å². The molecule has 1 saturated heterocycles. The molecule has 215 valence electrons. The van der Waals surface area contributed by atoms with E-state index >= 15 is 4.39 Å². The molecule has 3 heterocycles. The van der Waals surface area contributed by atoms with Crippen LogP contribution in [0.25, 0.3) is 11.2 Å². The molecule has 5 nitrogen and oxygen atoms in total. The van der Waals surface area contributed by atoms with E-state index in [1.807, 2.05) is 42.5 Å². The molecule has 3 atom stereocenters. The van der Waals surface area contributed by atoms with Gasteiger partial charge in [0.25, 0.3) is 0 Å². The van der Waals surface area contributed by atoms with Crippen LogP contribution in [0.2, 0.25) is 10.2 Å². The van der Waals surface area contributed by atoms with Crippen LogP contribution < -0.4 is 10.4 Å². The number of aromatic nitrogens is 4. The van der Waals surface area contributed by atoms with Gasteiger partial charge in [0, 0.05) is 0 Å². The fourth-order valence-corrected chi connectivity index (χ4v) is 14.1. The minimum absolute atomic E-state index is 0.173. The monoisotopic (exact) mass is 681 g/mol. The Kier molecular flexibility index (Phi) is 7.88. The Morgan fingerprint density at radius 1 is 0.952 bits per heavy atom. The van der Waals surface area contributed by atoms with Crippen molar-refractivity contribution in [2.45, 2.75) is 46.9 Å². The Hall–Kier alpha value is -2.52. The summed E-state index contributed by atoms with van der Waals surface area (Å²) in [7, 11) is -2.81. The minimum atomic E-state index is -2.81. The molecule has 0 amide bonds. The summed E-state index contributed by atoms with van der Waals surface area (Å²) in [6.07, 6.45) is 3.24. The van der Waals surface area contributed by atoms with E-state index < -0.39 is 17.8 Å². The molecule has 1 radical (unpaired) electrons. The molecule has 10 heteroatoms. The second kappa shape index (κ2) is 11.2. The zero-order valence-electron chi connectivity index (χ0n) is 23.6. The number of imidazole rings is 1. The average molecular weight is 681 g/mol. The Balaban J connectivity index is 1.43. The van der Waals surface area contributed by atoms with Crippen LogP contribution in [0.1, 0.15) is 32.8 Å². The zero-order valence-corrected chi connectivity index (χ0v) is 27.9. The molecule has 0 aliphatic carbocycles. The van der Waals surface area contributed by atoms with Gasteiger partial charge >= 0.3 is 265 Å². The molecular formula is C32H31ClFN4OSSeSi. The van der Waals surface area contributed by atoms with Crippen molar-refractivity contribution < 1.29 is 8.82 Å². The van der Waals surface area contributed by atoms with Crippen molar-refractivity contribution in [3.63, 3.8) is 0 Å². The molecule has 1 aliphatic heterocycles. The van der Waals surface area contributed by atoms with Crippen molar-refractivity contribution in [2.75, 3.05) is 6.61 Å². The summed E-state index contributed by atoms with van der Waals surface area (Å²) in [5.41, 5.74) is -0.278. The van der Waals surface area contributed by atoms with Crippen LogP contribution in [0.15, 0.2) is 104 Å². The van der Waals surface area contributed by atoms with Crippen LogP contribution in [-0.4, -0.2) is 55.7 Å². The van der Waals surface area contributed by atoms with E-state index in [2.05, 4.69) is 100 Å². The quantitative estimate of drug-likeness (QED) is 0.151. The second-order valence-corrected chi connectivity index (χ2v) is 19.6. The fourth-order valence-electron chi connectivity index (χ4n) is 6.15. The van der Waals surface area contributed by atoms with Gasteiger partial charge in [-0.05, 0) is 0 Å². The number of alkyl halides is 1. The fraction of sp³-hybridized carbons (Fsp3) is 0.281. The van der Waals surface area contributed by atoms with Crippen LogP contribution in [0.3, 0.4) is 0 Å². The van der Waals surface area contributed by atoms with Gasteiger partial charge in [0.1, 0.15) is 0 Å². The second-order valence-electron chi connectivity index (χ2n) is 11.6. The van der Waals surface area contributed by atoms with Crippen molar-refractivity contribution in [1.29, 1.82) is 0 Å². The van der Waals surface area contributed by atoms with Gasteiger partial charge in [0.2, 0.25) is 0 Å². The molecule has 0 bridgehead atoms. The molecule has 0 spiro atoms. The summed E-state index contributed by atoms with van der Waals surface area (Å²) >= 11 is 11.1. The number of hydrogen-bond donors (Lipinski definition) is 0. The first-order valence-electron chi connectivity index (χ1n) is 13.8. The Morgan fingerprint density at radius 2 is 1.52 bits per heavy atom. The molecule has 0 saturated carbocycles. The summed E-state index contributed by atoms with van der Waals surface area (Å²) < 4.78 is 25.7. The number of benzene rings is 3. The first kappa shape index (κ1) is 29.5. The van der Waals surface area contributed by atoms with Crippen molar-refractivity contribution in [1.82, 2.24) is 19.5 Å². The van der Waals surface area contributed by atoms with Crippen LogP contribution in [0.4, 0.5) is 4.39 Å². The number of rotatable bonds is 7. The molecule has 6 rings (SSSR count). The summed E-state index contributed by atoms with van der Waals surface area (Å²) in [5, 5.41) is 2.27. The van der Waals surface area contributed by atoms with E-state index in [4.69, 9.17) is 16.0 Å². The van der Waals surface area contributed by atoms with Crippen LogP contribution in [0, 0.1) is 0 Å². The third kappa shape index (κ3) is 4.75. The molecule has 2 aromatic heterocycles. The molecule has 1 aliphatic rings. The number of fused-ring (bicyclic) bond motifs is 1. The summed E-state index contributed by atoms with van der Waals surface area (Å²) in [4.78, 5) is 13.0. The van der Waals surface area contributed by atoms with E-state index in [1.54, 1.807) is 10.9 Å².